The Morgan fingerprint density at radius 3 is 3.00 bits per heavy atom. The molecule has 2 aromatic heterocycles. The molecule has 26 heavy (non-hydrogen) atoms. The smallest absolute Gasteiger partial charge is 0.318 e. The fourth-order valence-electron chi connectivity index (χ4n) is 3.26. The van der Waals surface area contributed by atoms with Crippen molar-refractivity contribution in [2.45, 2.75) is 44.8 Å². The normalized spacial score (nSPS) is 17.1. The summed E-state index contributed by atoms with van der Waals surface area (Å²) in [7, 11) is 1.55. The van der Waals surface area contributed by atoms with Crippen LogP contribution in [0.3, 0.4) is 0 Å². The first-order valence-corrected chi connectivity index (χ1v) is 9.00. The van der Waals surface area contributed by atoms with E-state index < -0.39 is 0 Å². The molecule has 0 saturated carbocycles. The van der Waals surface area contributed by atoms with Crippen molar-refractivity contribution in [3.05, 3.63) is 42.1 Å². The van der Waals surface area contributed by atoms with E-state index >= 15 is 0 Å². The Balaban J connectivity index is 1.52. The van der Waals surface area contributed by atoms with Crippen LogP contribution in [-0.4, -0.2) is 46.3 Å². The number of piperidine rings is 1. The summed E-state index contributed by atoms with van der Waals surface area (Å²) < 4.78 is 7.34. The molecule has 0 bridgehead atoms. The molecule has 8 nitrogen and oxygen atoms in total. The summed E-state index contributed by atoms with van der Waals surface area (Å²) in [6.07, 6.45) is 7.76. The zero-order valence-corrected chi connectivity index (χ0v) is 15.0. The number of nitrogens with zero attached hydrogens (tertiary/aromatic N) is 3. The van der Waals surface area contributed by atoms with Gasteiger partial charge in [0.1, 0.15) is 5.76 Å². The van der Waals surface area contributed by atoms with Crippen molar-refractivity contribution >= 4 is 11.9 Å². The summed E-state index contributed by atoms with van der Waals surface area (Å²) in [5.74, 6) is 0.520. The molecule has 1 atom stereocenters. The maximum Gasteiger partial charge on any atom is 0.318 e. The first-order valence-electron chi connectivity index (χ1n) is 9.00. The number of likely N-dealkylation sites (tertiary alicyclic amines) is 1. The number of aryl methyl sites for hydroxylation is 1. The predicted molar refractivity (Wildman–Crippen MR) is 95.5 cm³/mol. The van der Waals surface area contributed by atoms with Gasteiger partial charge in [-0.25, -0.2) is 4.79 Å². The molecule has 3 heterocycles. The van der Waals surface area contributed by atoms with Crippen LogP contribution in [-0.2, 0) is 13.1 Å². The largest absolute Gasteiger partial charge is 0.454 e. The first kappa shape index (κ1) is 18.0. The Hall–Kier alpha value is -2.77. The highest BCUT2D eigenvalue weighted by molar-refractivity contribution is 5.91. The monoisotopic (exact) mass is 359 g/mol. The number of carbonyl (C=O) groups is 2. The molecule has 140 valence electrons. The van der Waals surface area contributed by atoms with Gasteiger partial charge in [-0.05, 0) is 43.9 Å². The van der Waals surface area contributed by atoms with Crippen molar-refractivity contribution in [2.24, 2.45) is 0 Å². The second-order valence-electron chi connectivity index (χ2n) is 6.40. The van der Waals surface area contributed by atoms with E-state index in [0.29, 0.717) is 5.76 Å². The number of hydrogen-bond donors (Lipinski definition) is 2. The molecule has 3 rings (SSSR count). The van der Waals surface area contributed by atoms with Crippen molar-refractivity contribution in [1.82, 2.24) is 25.3 Å². The number of aromatic nitrogens is 2. The quantitative estimate of drug-likeness (QED) is 0.825. The highest BCUT2D eigenvalue weighted by Gasteiger charge is 2.26. The molecule has 0 aromatic carbocycles. The molecule has 1 unspecified atom stereocenters. The minimum Gasteiger partial charge on any atom is -0.454 e. The number of nitrogens with one attached hydrogen (secondary N) is 2. The Bertz CT molecular complexity index is 725. The number of amides is 3. The summed E-state index contributed by atoms with van der Waals surface area (Å²) in [4.78, 5) is 26.0. The third-order valence-corrected chi connectivity index (χ3v) is 4.66. The van der Waals surface area contributed by atoms with Gasteiger partial charge in [0.25, 0.3) is 5.91 Å². The second-order valence-corrected chi connectivity index (χ2v) is 6.40. The summed E-state index contributed by atoms with van der Waals surface area (Å²) in [6.45, 7) is 1.82. The third kappa shape index (κ3) is 4.44. The van der Waals surface area contributed by atoms with Crippen LogP contribution in [0.25, 0.3) is 0 Å². The van der Waals surface area contributed by atoms with Crippen LogP contribution in [0.4, 0.5) is 4.79 Å². The lowest BCUT2D eigenvalue weighted by atomic mass is 10.00. The van der Waals surface area contributed by atoms with Crippen molar-refractivity contribution in [1.29, 1.82) is 0 Å². The van der Waals surface area contributed by atoms with Crippen LogP contribution in [0.2, 0.25) is 0 Å². The summed E-state index contributed by atoms with van der Waals surface area (Å²) >= 11 is 0. The van der Waals surface area contributed by atoms with Gasteiger partial charge in [0, 0.05) is 38.6 Å². The molecule has 0 aliphatic carbocycles. The first-order chi connectivity index (χ1) is 12.7. The number of furan rings is 1. The van der Waals surface area contributed by atoms with Crippen LogP contribution >= 0.6 is 0 Å². The topological polar surface area (TPSA) is 92.4 Å². The average molecular weight is 359 g/mol. The van der Waals surface area contributed by atoms with Crippen LogP contribution in [0.15, 0.2) is 35.0 Å². The van der Waals surface area contributed by atoms with Crippen LogP contribution < -0.4 is 10.6 Å². The van der Waals surface area contributed by atoms with Gasteiger partial charge >= 0.3 is 6.03 Å². The van der Waals surface area contributed by atoms with E-state index in [1.54, 1.807) is 25.4 Å². The summed E-state index contributed by atoms with van der Waals surface area (Å²) in [5, 5.41) is 9.63. The lowest BCUT2D eigenvalue weighted by molar-refractivity contribution is 0.0933. The van der Waals surface area contributed by atoms with Crippen LogP contribution in [0.1, 0.15) is 42.0 Å². The lowest BCUT2D eigenvalue weighted by Crippen LogP contribution is -2.48. The van der Waals surface area contributed by atoms with Crippen molar-refractivity contribution < 1.29 is 14.0 Å². The predicted octanol–water partition coefficient (Wildman–Crippen LogP) is 1.99. The Labute approximate surface area is 152 Å². The molecule has 2 N–H and O–H groups in total. The van der Waals surface area contributed by atoms with Gasteiger partial charge in [-0.2, -0.15) is 5.10 Å². The van der Waals surface area contributed by atoms with Gasteiger partial charge in [0.15, 0.2) is 5.76 Å². The molecular formula is C18H25N5O3. The number of rotatable bonds is 6. The molecule has 1 aliphatic heterocycles. The summed E-state index contributed by atoms with van der Waals surface area (Å²) in [5.41, 5.74) is 0. The highest BCUT2D eigenvalue weighted by Crippen LogP contribution is 2.20. The zero-order chi connectivity index (χ0) is 18.4. The maximum absolute atomic E-state index is 12.6. The van der Waals surface area contributed by atoms with Gasteiger partial charge in [0.05, 0.1) is 6.54 Å². The third-order valence-electron chi connectivity index (χ3n) is 4.66. The molecule has 3 amide bonds. The van der Waals surface area contributed by atoms with E-state index in [4.69, 9.17) is 4.42 Å². The minimum absolute atomic E-state index is 0.0898. The molecule has 2 aromatic rings. The van der Waals surface area contributed by atoms with E-state index in [2.05, 4.69) is 15.7 Å². The average Bonchev–Trinajstić information content (AvgIpc) is 3.36. The van der Waals surface area contributed by atoms with Crippen LogP contribution in [0.5, 0.6) is 0 Å². The standard InChI is InChI=1S/C18H25N5O3/c1-19-17(24)16-7-6-15(26-16)13-20-18(25)23-11-3-2-5-14(23)8-12-22-10-4-9-21-22/h4,6-7,9-10,14H,2-3,5,8,11-13H2,1H3,(H,19,24)(H,20,25). The van der Waals surface area contributed by atoms with Crippen LogP contribution in [0, 0.1) is 0 Å². The molecule has 8 heteroatoms. The molecule has 0 spiro atoms. The Kier molecular flexibility index (Phi) is 5.93. The van der Waals surface area contributed by atoms with Gasteiger partial charge < -0.3 is 20.0 Å². The number of urea groups is 1. The van der Waals surface area contributed by atoms with Crippen molar-refractivity contribution in [2.75, 3.05) is 13.6 Å². The van der Waals surface area contributed by atoms with Gasteiger partial charge in [-0.15, -0.1) is 0 Å². The minimum atomic E-state index is -0.280. The van der Waals surface area contributed by atoms with Gasteiger partial charge in [-0.3, -0.25) is 9.48 Å². The molecule has 0 radical (unpaired) electrons. The fraction of sp³-hybridized carbons (Fsp3) is 0.500. The molecule has 1 fully saturated rings. The summed E-state index contributed by atoms with van der Waals surface area (Å²) in [6, 6.07) is 5.34. The number of hydrogen-bond acceptors (Lipinski definition) is 4. The molecular weight excluding hydrogens is 334 g/mol. The molecule has 1 aliphatic rings. The lowest BCUT2D eigenvalue weighted by Gasteiger charge is -2.35. The van der Waals surface area contributed by atoms with E-state index in [0.717, 1.165) is 38.8 Å². The van der Waals surface area contributed by atoms with E-state index in [1.807, 2.05) is 21.8 Å². The Morgan fingerprint density at radius 1 is 1.35 bits per heavy atom. The highest BCUT2D eigenvalue weighted by atomic mass is 16.4. The van der Waals surface area contributed by atoms with E-state index in [9.17, 15) is 9.59 Å². The van der Waals surface area contributed by atoms with Crippen molar-refractivity contribution in [3.63, 3.8) is 0 Å². The second kappa shape index (κ2) is 8.55. The SMILES string of the molecule is CNC(=O)c1ccc(CNC(=O)N2CCCCC2CCn2cccn2)o1. The van der Waals surface area contributed by atoms with Crippen molar-refractivity contribution in [3.8, 4) is 0 Å². The zero-order valence-electron chi connectivity index (χ0n) is 15.0. The maximum atomic E-state index is 12.6. The van der Waals surface area contributed by atoms with E-state index in [1.165, 1.54) is 0 Å². The van der Waals surface area contributed by atoms with E-state index in [-0.39, 0.29) is 30.3 Å². The fourth-order valence-corrected chi connectivity index (χ4v) is 3.26. The van der Waals surface area contributed by atoms with Gasteiger partial charge in [-0.1, -0.05) is 0 Å². The van der Waals surface area contributed by atoms with Gasteiger partial charge in [0.2, 0.25) is 0 Å². The molecule has 1 saturated heterocycles. The Morgan fingerprint density at radius 2 is 2.23 bits per heavy atom. The number of carbonyl (C=O) groups excluding carboxylic acids is 2.